The van der Waals surface area contributed by atoms with E-state index >= 15 is 0 Å². The average molecular weight is 282 g/mol. The topological polar surface area (TPSA) is 61.4 Å². The first-order chi connectivity index (χ1) is 9.63. The highest BCUT2D eigenvalue weighted by Crippen LogP contribution is 2.31. The van der Waals surface area contributed by atoms with Crippen LogP contribution < -0.4 is 10.6 Å². The maximum atomic E-state index is 12.2. The SMILES string of the molecule is CC1CCC(CO)(NC(=O)CCC2CCNCC2)CC1. The predicted molar refractivity (Wildman–Crippen MR) is 80.4 cm³/mol. The van der Waals surface area contributed by atoms with Gasteiger partial charge in [-0.1, -0.05) is 6.92 Å². The number of rotatable bonds is 5. The van der Waals surface area contributed by atoms with E-state index in [2.05, 4.69) is 17.6 Å². The fourth-order valence-corrected chi connectivity index (χ4v) is 3.50. The molecule has 20 heavy (non-hydrogen) atoms. The molecule has 3 N–H and O–H groups in total. The minimum absolute atomic E-state index is 0.0822. The van der Waals surface area contributed by atoms with E-state index in [0.29, 0.717) is 12.3 Å². The Kier molecular flexibility index (Phi) is 5.85. The van der Waals surface area contributed by atoms with Crippen molar-refractivity contribution in [2.45, 2.75) is 63.8 Å². The van der Waals surface area contributed by atoms with E-state index in [0.717, 1.165) is 51.1 Å². The highest BCUT2D eigenvalue weighted by Gasteiger charge is 2.34. The number of hydrogen-bond donors (Lipinski definition) is 3. The van der Waals surface area contributed by atoms with Crippen molar-refractivity contribution in [2.75, 3.05) is 19.7 Å². The van der Waals surface area contributed by atoms with Crippen LogP contribution in [-0.2, 0) is 4.79 Å². The predicted octanol–water partition coefficient (Wildman–Crippen LogP) is 1.82. The van der Waals surface area contributed by atoms with Gasteiger partial charge in [0.1, 0.15) is 0 Å². The number of aliphatic hydroxyl groups excluding tert-OH is 1. The molecule has 0 aromatic rings. The number of nitrogens with one attached hydrogen (secondary N) is 2. The van der Waals surface area contributed by atoms with E-state index in [9.17, 15) is 9.90 Å². The summed E-state index contributed by atoms with van der Waals surface area (Å²) in [5.41, 5.74) is -0.336. The van der Waals surface area contributed by atoms with E-state index in [1.807, 2.05) is 0 Å². The molecule has 4 nitrogen and oxygen atoms in total. The standard InChI is InChI=1S/C16H30N2O2/c1-13-4-8-16(12-19,9-5-13)18-15(20)3-2-14-6-10-17-11-7-14/h13-14,17,19H,2-12H2,1H3,(H,18,20). The van der Waals surface area contributed by atoms with Gasteiger partial charge < -0.3 is 15.7 Å². The second-order valence-corrected chi connectivity index (χ2v) is 6.90. The van der Waals surface area contributed by atoms with Crippen molar-refractivity contribution in [3.8, 4) is 0 Å². The van der Waals surface area contributed by atoms with Gasteiger partial charge in [0.15, 0.2) is 0 Å². The summed E-state index contributed by atoms with van der Waals surface area (Å²) in [5, 5.41) is 16.2. The minimum Gasteiger partial charge on any atom is -0.394 e. The molecule has 1 amide bonds. The van der Waals surface area contributed by atoms with Crippen molar-refractivity contribution in [3.63, 3.8) is 0 Å². The molecule has 1 aliphatic heterocycles. The quantitative estimate of drug-likeness (QED) is 0.721. The van der Waals surface area contributed by atoms with Crippen molar-refractivity contribution in [3.05, 3.63) is 0 Å². The van der Waals surface area contributed by atoms with Crippen LogP contribution in [0.25, 0.3) is 0 Å². The third-order valence-electron chi connectivity index (χ3n) is 5.18. The van der Waals surface area contributed by atoms with Crippen LogP contribution in [0.1, 0.15) is 58.3 Å². The number of hydrogen-bond acceptors (Lipinski definition) is 3. The van der Waals surface area contributed by atoms with Gasteiger partial charge in [0.25, 0.3) is 0 Å². The first kappa shape index (κ1) is 15.8. The Labute approximate surface area is 122 Å². The third-order valence-corrected chi connectivity index (χ3v) is 5.18. The zero-order chi connectivity index (χ0) is 14.4. The fourth-order valence-electron chi connectivity index (χ4n) is 3.50. The van der Waals surface area contributed by atoms with Crippen LogP contribution in [0.3, 0.4) is 0 Å². The first-order valence-corrected chi connectivity index (χ1v) is 8.26. The highest BCUT2D eigenvalue weighted by molar-refractivity contribution is 5.76. The van der Waals surface area contributed by atoms with Gasteiger partial charge in [-0.25, -0.2) is 0 Å². The molecule has 0 bridgehead atoms. The molecule has 0 aromatic heterocycles. The molecular formula is C16H30N2O2. The summed E-state index contributed by atoms with van der Waals surface area (Å²) in [6.07, 6.45) is 8.04. The first-order valence-electron chi connectivity index (χ1n) is 8.26. The molecule has 0 atom stereocenters. The van der Waals surface area contributed by atoms with Gasteiger partial charge in [-0.05, 0) is 69.9 Å². The van der Waals surface area contributed by atoms with E-state index < -0.39 is 0 Å². The lowest BCUT2D eigenvalue weighted by Crippen LogP contribution is -2.53. The molecule has 1 heterocycles. The lowest BCUT2D eigenvalue weighted by molar-refractivity contribution is -0.124. The molecule has 116 valence electrons. The van der Waals surface area contributed by atoms with Gasteiger partial charge >= 0.3 is 0 Å². The number of carbonyl (C=O) groups excluding carboxylic acids is 1. The van der Waals surface area contributed by atoms with Gasteiger partial charge in [0, 0.05) is 6.42 Å². The Morgan fingerprint density at radius 3 is 2.50 bits per heavy atom. The van der Waals surface area contributed by atoms with E-state index in [1.54, 1.807) is 0 Å². The Hall–Kier alpha value is -0.610. The summed E-state index contributed by atoms with van der Waals surface area (Å²) in [7, 11) is 0. The van der Waals surface area contributed by atoms with Crippen LogP contribution in [0, 0.1) is 11.8 Å². The van der Waals surface area contributed by atoms with Gasteiger partial charge in [-0.15, -0.1) is 0 Å². The average Bonchev–Trinajstić information content (AvgIpc) is 2.49. The summed E-state index contributed by atoms with van der Waals surface area (Å²) >= 11 is 0. The largest absolute Gasteiger partial charge is 0.394 e. The van der Waals surface area contributed by atoms with Crippen LogP contribution >= 0.6 is 0 Å². The number of amides is 1. The van der Waals surface area contributed by atoms with Gasteiger partial charge in [-0.2, -0.15) is 0 Å². The normalized spacial score (nSPS) is 32.0. The van der Waals surface area contributed by atoms with E-state index in [-0.39, 0.29) is 18.1 Å². The van der Waals surface area contributed by atoms with Crippen LogP contribution in [-0.4, -0.2) is 36.2 Å². The van der Waals surface area contributed by atoms with Crippen LogP contribution in [0.15, 0.2) is 0 Å². The third kappa shape index (κ3) is 4.45. The Morgan fingerprint density at radius 1 is 1.25 bits per heavy atom. The Morgan fingerprint density at radius 2 is 1.90 bits per heavy atom. The molecule has 4 heteroatoms. The summed E-state index contributed by atoms with van der Waals surface area (Å²) in [6, 6.07) is 0. The Bertz CT molecular complexity index is 306. The Balaban J connectivity index is 1.74. The number of aliphatic hydroxyl groups is 1. The zero-order valence-corrected chi connectivity index (χ0v) is 12.8. The van der Waals surface area contributed by atoms with Crippen molar-refractivity contribution in [2.24, 2.45) is 11.8 Å². The molecule has 2 rings (SSSR count). The molecule has 2 aliphatic rings. The summed E-state index contributed by atoms with van der Waals surface area (Å²) in [6.45, 7) is 4.51. The van der Waals surface area contributed by atoms with Gasteiger partial charge in [0.2, 0.25) is 5.91 Å². The molecule has 0 aromatic carbocycles. The lowest BCUT2D eigenvalue weighted by Gasteiger charge is -2.39. The van der Waals surface area contributed by atoms with Crippen molar-refractivity contribution in [1.82, 2.24) is 10.6 Å². The second kappa shape index (κ2) is 7.41. The van der Waals surface area contributed by atoms with Crippen LogP contribution in [0.5, 0.6) is 0 Å². The molecule has 0 unspecified atom stereocenters. The number of carbonyl (C=O) groups is 1. The maximum absolute atomic E-state index is 12.2. The van der Waals surface area contributed by atoms with E-state index in [1.165, 1.54) is 12.8 Å². The van der Waals surface area contributed by atoms with Crippen molar-refractivity contribution in [1.29, 1.82) is 0 Å². The molecule has 1 saturated carbocycles. The molecule has 0 radical (unpaired) electrons. The molecule has 1 saturated heterocycles. The van der Waals surface area contributed by atoms with Gasteiger partial charge in [-0.3, -0.25) is 4.79 Å². The smallest absolute Gasteiger partial charge is 0.220 e. The lowest BCUT2D eigenvalue weighted by atomic mass is 9.77. The fraction of sp³-hybridized carbons (Fsp3) is 0.938. The summed E-state index contributed by atoms with van der Waals surface area (Å²) in [5.74, 6) is 1.55. The van der Waals surface area contributed by atoms with Crippen molar-refractivity contribution >= 4 is 5.91 Å². The monoisotopic (exact) mass is 282 g/mol. The zero-order valence-electron chi connectivity index (χ0n) is 12.8. The number of piperidine rings is 1. The maximum Gasteiger partial charge on any atom is 0.220 e. The second-order valence-electron chi connectivity index (χ2n) is 6.90. The molecule has 1 aliphatic carbocycles. The summed E-state index contributed by atoms with van der Waals surface area (Å²) < 4.78 is 0. The molecule has 2 fully saturated rings. The van der Waals surface area contributed by atoms with Crippen LogP contribution in [0.2, 0.25) is 0 Å². The van der Waals surface area contributed by atoms with Gasteiger partial charge in [0.05, 0.1) is 12.1 Å². The molecular weight excluding hydrogens is 252 g/mol. The highest BCUT2D eigenvalue weighted by atomic mass is 16.3. The van der Waals surface area contributed by atoms with E-state index in [4.69, 9.17) is 0 Å². The summed E-state index contributed by atoms with van der Waals surface area (Å²) in [4.78, 5) is 12.2. The van der Waals surface area contributed by atoms with Crippen molar-refractivity contribution < 1.29 is 9.90 Å². The molecule has 0 spiro atoms. The van der Waals surface area contributed by atoms with Crippen LogP contribution in [0.4, 0.5) is 0 Å². The minimum atomic E-state index is -0.336.